The number of unbranched alkanes of at least 4 members (excludes halogenated alkanes) is 3. The molecular weight excluding hydrogens is 198 g/mol. The largest absolute Gasteiger partial charge is 0.374 e. The zero-order chi connectivity index (χ0) is 12.2. The van der Waals surface area contributed by atoms with Crippen LogP contribution in [0.1, 0.15) is 52.9 Å². The number of terminal acetylenes is 1. The van der Waals surface area contributed by atoms with Gasteiger partial charge in [-0.3, -0.25) is 0 Å². The van der Waals surface area contributed by atoms with Crippen molar-refractivity contribution in [2.24, 2.45) is 0 Å². The van der Waals surface area contributed by atoms with E-state index < -0.39 is 0 Å². The van der Waals surface area contributed by atoms with Gasteiger partial charge in [-0.1, -0.05) is 38.5 Å². The minimum atomic E-state index is 0.245. The predicted octanol–water partition coefficient (Wildman–Crippen LogP) is 2.97. The van der Waals surface area contributed by atoms with Gasteiger partial charge in [-0.05, 0) is 20.3 Å². The Morgan fingerprint density at radius 2 is 1.94 bits per heavy atom. The maximum Gasteiger partial charge on any atom is 0.0675 e. The Kier molecular flexibility index (Phi) is 10.6. The summed E-state index contributed by atoms with van der Waals surface area (Å²) in [4.78, 5) is 0. The van der Waals surface area contributed by atoms with Crippen molar-refractivity contribution in [1.29, 1.82) is 0 Å². The average molecular weight is 225 g/mol. The molecule has 16 heavy (non-hydrogen) atoms. The molecule has 0 aliphatic rings. The SMILES string of the molecule is C#CCNCC(C)OC(C)CCCCCC. The van der Waals surface area contributed by atoms with Crippen LogP contribution in [0.5, 0.6) is 0 Å². The van der Waals surface area contributed by atoms with Gasteiger partial charge >= 0.3 is 0 Å². The van der Waals surface area contributed by atoms with Crippen molar-refractivity contribution in [3.05, 3.63) is 0 Å². The molecular formula is C14H27NO. The molecule has 2 heteroatoms. The molecule has 0 saturated carbocycles. The molecule has 0 fully saturated rings. The highest BCUT2D eigenvalue weighted by molar-refractivity contribution is 4.86. The topological polar surface area (TPSA) is 21.3 Å². The van der Waals surface area contributed by atoms with Gasteiger partial charge in [0.2, 0.25) is 0 Å². The fourth-order valence-electron chi connectivity index (χ4n) is 1.72. The third kappa shape index (κ3) is 10.0. The Morgan fingerprint density at radius 3 is 2.56 bits per heavy atom. The fourth-order valence-corrected chi connectivity index (χ4v) is 1.72. The molecule has 0 aliphatic carbocycles. The zero-order valence-electron chi connectivity index (χ0n) is 11.1. The van der Waals surface area contributed by atoms with Crippen molar-refractivity contribution >= 4 is 0 Å². The number of nitrogens with one attached hydrogen (secondary N) is 1. The summed E-state index contributed by atoms with van der Waals surface area (Å²) < 4.78 is 5.85. The summed E-state index contributed by atoms with van der Waals surface area (Å²) >= 11 is 0. The third-order valence-electron chi connectivity index (χ3n) is 2.59. The van der Waals surface area contributed by atoms with Crippen molar-refractivity contribution in [2.45, 2.75) is 65.1 Å². The molecule has 0 spiro atoms. The molecule has 0 amide bonds. The highest BCUT2D eigenvalue weighted by Gasteiger charge is 2.07. The van der Waals surface area contributed by atoms with Crippen molar-refractivity contribution < 1.29 is 4.74 Å². The first-order chi connectivity index (χ1) is 7.70. The molecule has 0 rings (SSSR count). The summed E-state index contributed by atoms with van der Waals surface area (Å²) in [6.45, 7) is 7.94. The molecule has 0 saturated heterocycles. The smallest absolute Gasteiger partial charge is 0.0675 e. The Hall–Kier alpha value is -0.520. The number of rotatable bonds is 10. The lowest BCUT2D eigenvalue weighted by Gasteiger charge is -2.19. The van der Waals surface area contributed by atoms with Gasteiger partial charge in [-0.15, -0.1) is 6.42 Å². The second-order valence-electron chi connectivity index (χ2n) is 4.44. The van der Waals surface area contributed by atoms with Crippen LogP contribution in [-0.4, -0.2) is 25.3 Å². The van der Waals surface area contributed by atoms with E-state index >= 15 is 0 Å². The predicted molar refractivity (Wildman–Crippen MR) is 70.5 cm³/mol. The molecule has 2 unspecified atom stereocenters. The van der Waals surface area contributed by atoms with Crippen molar-refractivity contribution in [3.63, 3.8) is 0 Å². The highest BCUT2D eigenvalue weighted by atomic mass is 16.5. The lowest BCUT2D eigenvalue weighted by Crippen LogP contribution is -2.29. The Morgan fingerprint density at radius 1 is 1.19 bits per heavy atom. The molecule has 0 bridgehead atoms. The van der Waals surface area contributed by atoms with Gasteiger partial charge in [0.15, 0.2) is 0 Å². The minimum Gasteiger partial charge on any atom is -0.374 e. The van der Waals surface area contributed by atoms with E-state index in [2.05, 4.69) is 32.0 Å². The Bertz CT molecular complexity index is 186. The van der Waals surface area contributed by atoms with E-state index in [-0.39, 0.29) is 6.10 Å². The van der Waals surface area contributed by atoms with Crippen LogP contribution >= 0.6 is 0 Å². The molecule has 0 aromatic carbocycles. The number of hydrogen-bond donors (Lipinski definition) is 1. The van der Waals surface area contributed by atoms with Crippen LogP contribution < -0.4 is 5.32 Å². The van der Waals surface area contributed by atoms with E-state index in [0.29, 0.717) is 12.6 Å². The zero-order valence-corrected chi connectivity index (χ0v) is 11.1. The summed E-state index contributed by atoms with van der Waals surface area (Å²) in [6, 6.07) is 0. The first-order valence-corrected chi connectivity index (χ1v) is 6.50. The van der Waals surface area contributed by atoms with E-state index in [9.17, 15) is 0 Å². The first kappa shape index (κ1) is 15.5. The van der Waals surface area contributed by atoms with Crippen LogP contribution in [0, 0.1) is 12.3 Å². The lowest BCUT2D eigenvalue weighted by molar-refractivity contribution is 0.00421. The van der Waals surface area contributed by atoms with E-state index in [0.717, 1.165) is 6.54 Å². The summed E-state index contributed by atoms with van der Waals surface area (Å²) in [5.41, 5.74) is 0. The fraction of sp³-hybridized carbons (Fsp3) is 0.857. The molecule has 2 atom stereocenters. The van der Waals surface area contributed by atoms with Gasteiger partial charge in [0.1, 0.15) is 0 Å². The second kappa shape index (κ2) is 11.0. The van der Waals surface area contributed by atoms with Gasteiger partial charge in [0.25, 0.3) is 0 Å². The molecule has 0 aromatic rings. The van der Waals surface area contributed by atoms with Crippen LogP contribution in [0.15, 0.2) is 0 Å². The summed E-state index contributed by atoms with van der Waals surface area (Å²) in [6.07, 6.45) is 12.2. The van der Waals surface area contributed by atoms with E-state index in [1.54, 1.807) is 0 Å². The monoisotopic (exact) mass is 225 g/mol. The molecule has 0 heterocycles. The van der Waals surface area contributed by atoms with Gasteiger partial charge in [-0.2, -0.15) is 0 Å². The van der Waals surface area contributed by atoms with Gasteiger partial charge in [0.05, 0.1) is 18.8 Å². The van der Waals surface area contributed by atoms with Crippen LogP contribution in [0.4, 0.5) is 0 Å². The average Bonchev–Trinajstić information content (AvgIpc) is 2.25. The molecule has 94 valence electrons. The summed E-state index contributed by atoms with van der Waals surface area (Å²) in [5, 5.41) is 3.16. The molecule has 2 nitrogen and oxygen atoms in total. The number of ether oxygens (including phenoxy) is 1. The Labute approximate surface area is 101 Å². The van der Waals surface area contributed by atoms with Gasteiger partial charge in [0, 0.05) is 6.54 Å². The van der Waals surface area contributed by atoms with E-state index in [1.807, 2.05) is 0 Å². The van der Waals surface area contributed by atoms with Crippen LogP contribution in [-0.2, 0) is 4.74 Å². The van der Waals surface area contributed by atoms with Crippen molar-refractivity contribution in [1.82, 2.24) is 5.32 Å². The van der Waals surface area contributed by atoms with Crippen LogP contribution in [0.25, 0.3) is 0 Å². The number of hydrogen-bond acceptors (Lipinski definition) is 2. The maximum absolute atomic E-state index is 5.85. The van der Waals surface area contributed by atoms with Gasteiger partial charge < -0.3 is 10.1 Å². The van der Waals surface area contributed by atoms with Crippen LogP contribution in [0.3, 0.4) is 0 Å². The summed E-state index contributed by atoms with van der Waals surface area (Å²) in [7, 11) is 0. The van der Waals surface area contributed by atoms with E-state index in [4.69, 9.17) is 11.2 Å². The lowest BCUT2D eigenvalue weighted by atomic mass is 10.1. The Balaban J connectivity index is 3.39. The minimum absolute atomic E-state index is 0.245. The highest BCUT2D eigenvalue weighted by Crippen LogP contribution is 2.09. The second-order valence-corrected chi connectivity index (χ2v) is 4.44. The maximum atomic E-state index is 5.85. The van der Waals surface area contributed by atoms with E-state index in [1.165, 1.54) is 32.1 Å². The molecule has 0 aliphatic heterocycles. The molecule has 1 N–H and O–H groups in total. The third-order valence-corrected chi connectivity index (χ3v) is 2.59. The van der Waals surface area contributed by atoms with Crippen LogP contribution in [0.2, 0.25) is 0 Å². The van der Waals surface area contributed by atoms with Gasteiger partial charge in [-0.25, -0.2) is 0 Å². The quantitative estimate of drug-likeness (QED) is 0.456. The molecule has 0 aromatic heterocycles. The van der Waals surface area contributed by atoms with Crippen molar-refractivity contribution in [2.75, 3.05) is 13.1 Å². The van der Waals surface area contributed by atoms with Crippen molar-refractivity contribution in [3.8, 4) is 12.3 Å². The molecule has 0 radical (unpaired) electrons. The first-order valence-electron chi connectivity index (χ1n) is 6.50. The normalized spacial score (nSPS) is 14.4. The standard InChI is InChI=1S/C14H27NO/c1-5-7-8-9-10-13(3)16-14(4)12-15-11-6-2/h2,13-15H,5,7-12H2,1,3-4H3. The summed E-state index contributed by atoms with van der Waals surface area (Å²) in [5.74, 6) is 2.56.